The SMILES string of the molecule is CCC(CCSC#N)c1ccc(Cl)cc1Cl. The average molecular weight is 274 g/mol. The van der Waals surface area contributed by atoms with Crippen LogP contribution in [0.1, 0.15) is 31.2 Å². The van der Waals surface area contributed by atoms with E-state index in [0.717, 1.165) is 29.2 Å². The molecule has 0 aliphatic heterocycles. The largest absolute Gasteiger partial charge is 0.185 e. The molecule has 1 rings (SSSR count). The summed E-state index contributed by atoms with van der Waals surface area (Å²) < 4.78 is 0. The summed E-state index contributed by atoms with van der Waals surface area (Å²) >= 11 is 13.3. The summed E-state index contributed by atoms with van der Waals surface area (Å²) in [5.41, 5.74) is 1.13. The third kappa shape index (κ3) is 3.90. The maximum Gasteiger partial charge on any atom is 0.133 e. The molecular formula is C12H13Cl2NS. The minimum atomic E-state index is 0.408. The van der Waals surface area contributed by atoms with Crippen LogP contribution in [-0.2, 0) is 0 Å². The number of rotatable bonds is 5. The quantitative estimate of drug-likeness (QED) is 0.551. The molecule has 0 N–H and O–H groups in total. The normalized spacial score (nSPS) is 12.1. The Balaban J connectivity index is 2.75. The lowest BCUT2D eigenvalue weighted by molar-refractivity contribution is 0.648. The van der Waals surface area contributed by atoms with Crippen molar-refractivity contribution in [1.29, 1.82) is 5.26 Å². The van der Waals surface area contributed by atoms with Gasteiger partial charge < -0.3 is 0 Å². The highest BCUT2D eigenvalue weighted by molar-refractivity contribution is 8.03. The van der Waals surface area contributed by atoms with Crippen LogP contribution in [0.2, 0.25) is 10.0 Å². The zero-order valence-electron chi connectivity index (χ0n) is 9.04. The molecule has 0 spiro atoms. The Morgan fingerprint density at radius 3 is 2.75 bits per heavy atom. The zero-order valence-corrected chi connectivity index (χ0v) is 11.4. The van der Waals surface area contributed by atoms with Gasteiger partial charge in [-0.1, -0.05) is 36.2 Å². The average Bonchev–Trinajstić information content (AvgIpc) is 2.26. The number of hydrogen-bond donors (Lipinski definition) is 0. The number of nitriles is 1. The van der Waals surface area contributed by atoms with Crippen molar-refractivity contribution in [2.75, 3.05) is 5.75 Å². The maximum atomic E-state index is 8.48. The topological polar surface area (TPSA) is 23.8 Å². The summed E-state index contributed by atoms with van der Waals surface area (Å²) in [4.78, 5) is 0. The van der Waals surface area contributed by atoms with Gasteiger partial charge in [0.05, 0.1) is 0 Å². The minimum absolute atomic E-state index is 0.408. The van der Waals surface area contributed by atoms with Crippen LogP contribution in [0.25, 0.3) is 0 Å². The van der Waals surface area contributed by atoms with Crippen LogP contribution in [0.4, 0.5) is 0 Å². The third-order valence-corrected chi connectivity index (χ3v) is 3.66. The molecule has 0 bridgehead atoms. The number of halogens is 2. The monoisotopic (exact) mass is 273 g/mol. The van der Waals surface area contributed by atoms with Crippen LogP contribution in [0.3, 0.4) is 0 Å². The third-order valence-electron chi connectivity index (χ3n) is 2.53. The minimum Gasteiger partial charge on any atom is -0.185 e. The van der Waals surface area contributed by atoms with Gasteiger partial charge in [0.15, 0.2) is 0 Å². The number of hydrogen-bond acceptors (Lipinski definition) is 2. The second-order valence-electron chi connectivity index (χ2n) is 3.50. The molecule has 1 aromatic carbocycles. The second-order valence-corrected chi connectivity index (χ2v) is 5.22. The van der Waals surface area contributed by atoms with Crippen molar-refractivity contribution < 1.29 is 0 Å². The van der Waals surface area contributed by atoms with Gasteiger partial charge in [-0.3, -0.25) is 0 Å². The smallest absolute Gasteiger partial charge is 0.133 e. The standard InChI is InChI=1S/C12H13Cl2NS/c1-2-9(5-6-16-8-15)11-4-3-10(13)7-12(11)14/h3-4,7,9H,2,5-6H2,1H3. The molecule has 0 aliphatic rings. The van der Waals surface area contributed by atoms with E-state index in [9.17, 15) is 0 Å². The molecule has 0 amide bonds. The highest BCUT2D eigenvalue weighted by Gasteiger charge is 2.12. The van der Waals surface area contributed by atoms with Crippen molar-refractivity contribution in [1.82, 2.24) is 0 Å². The summed E-state index contributed by atoms with van der Waals surface area (Å²) in [6, 6.07) is 5.62. The highest BCUT2D eigenvalue weighted by Crippen LogP contribution is 2.32. The Morgan fingerprint density at radius 2 is 2.19 bits per heavy atom. The lowest BCUT2D eigenvalue weighted by atomic mass is 9.94. The number of nitrogens with zero attached hydrogens (tertiary/aromatic N) is 1. The lowest BCUT2D eigenvalue weighted by Gasteiger charge is -2.16. The van der Waals surface area contributed by atoms with Gasteiger partial charge >= 0.3 is 0 Å². The first-order valence-electron chi connectivity index (χ1n) is 5.14. The van der Waals surface area contributed by atoms with Crippen molar-refractivity contribution in [2.24, 2.45) is 0 Å². The Bertz CT molecular complexity index is 387. The fourth-order valence-electron chi connectivity index (χ4n) is 1.66. The van der Waals surface area contributed by atoms with Crippen molar-refractivity contribution in [3.05, 3.63) is 33.8 Å². The molecule has 4 heteroatoms. The van der Waals surface area contributed by atoms with E-state index in [2.05, 4.69) is 12.3 Å². The Hall–Kier alpha value is -0.360. The van der Waals surface area contributed by atoms with Gasteiger partial charge in [-0.2, -0.15) is 5.26 Å². The molecule has 0 aromatic heterocycles. The Kier molecular flexibility index (Phi) is 6.05. The predicted molar refractivity (Wildman–Crippen MR) is 72.2 cm³/mol. The van der Waals surface area contributed by atoms with Gasteiger partial charge in [0, 0.05) is 15.8 Å². The van der Waals surface area contributed by atoms with Crippen molar-refractivity contribution in [3.63, 3.8) is 0 Å². The van der Waals surface area contributed by atoms with Gasteiger partial charge in [0.1, 0.15) is 5.40 Å². The zero-order chi connectivity index (χ0) is 12.0. The first-order valence-corrected chi connectivity index (χ1v) is 6.89. The van der Waals surface area contributed by atoms with E-state index in [1.807, 2.05) is 12.1 Å². The van der Waals surface area contributed by atoms with Gasteiger partial charge in [0.25, 0.3) is 0 Å². The van der Waals surface area contributed by atoms with Gasteiger partial charge in [-0.05, 0) is 48.2 Å². The summed E-state index contributed by atoms with van der Waals surface area (Å²) in [5.74, 6) is 1.25. The Labute approximate surface area is 111 Å². The molecule has 0 radical (unpaired) electrons. The summed E-state index contributed by atoms with van der Waals surface area (Å²) in [7, 11) is 0. The summed E-state index contributed by atoms with van der Waals surface area (Å²) in [6.07, 6.45) is 1.99. The molecule has 0 heterocycles. The fraction of sp³-hybridized carbons (Fsp3) is 0.417. The highest BCUT2D eigenvalue weighted by atomic mass is 35.5. The van der Waals surface area contributed by atoms with Crippen molar-refractivity contribution >= 4 is 35.0 Å². The van der Waals surface area contributed by atoms with Gasteiger partial charge in [0.2, 0.25) is 0 Å². The first kappa shape index (κ1) is 13.7. The predicted octanol–water partition coefficient (Wildman–Crippen LogP) is 5.09. The molecule has 0 saturated carbocycles. The molecule has 86 valence electrons. The lowest BCUT2D eigenvalue weighted by Crippen LogP contribution is -1.99. The molecule has 0 fully saturated rings. The first-order chi connectivity index (χ1) is 7.69. The second kappa shape index (κ2) is 7.06. The van der Waals surface area contributed by atoms with E-state index in [-0.39, 0.29) is 0 Å². The van der Waals surface area contributed by atoms with Crippen molar-refractivity contribution in [2.45, 2.75) is 25.7 Å². The molecule has 1 aromatic rings. The van der Waals surface area contributed by atoms with E-state index < -0.39 is 0 Å². The van der Waals surface area contributed by atoms with Crippen LogP contribution in [-0.4, -0.2) is 5.75 Å². The van der Waals surface area contributed by atoms with E-state index in [4.69, 9.17) is 28.5 Å². The summed E-state index contributed by atoms with van der Waals surface area (Å²) in [6.45, 7) is 2.13. The van der Waals surface area contributed by atoms with Crippen LogP contribution in [0.5, 0.6) is 0 Å². The van der Waals surface area contributed by atoms with Crippen molar-refractivity contribution in [3.8, 4) is 5.40 Å². The van der Waals surface area contributed by atoms with E-state index in [1.165, 1.54) is 11.8 Å². The van der Waals surface area contributed by atoms with Crippen LogP contribution in [0, 0.1) is 10.7 Å². The molecule has 1 unspecified atom stereocenters. The number of thioether (sulfide) groups is 1. The van der Waals surface area contributed by atoms with E-state index in [0.29, 0.717) is 10.9 Å². The number of benzene rings is 1. The molecular weight excluding hydrogens is 261 g/mol. The van der Waals surface area contributed by atoms with E-state index in [1.54, 1.807) is 6.07 Å². The van der Waals surface area contributed by atoms with E-state index >= 15 is 0 Å². The molecule has 1 atom stereocenters. The molecule has 1 nitrogen and oxygen atoms in total. The fourth-order valence-corrected chi connectivity index (χ4v) is 2.72. The summed E-state index contributed by atoms with van der Waals surface area (Å²) in [5, 5.41) is 12.0. The molecule has 0 saturated heterocycles. The van der Waals surface area contributed by atoms with Crippen LogP contribution < -0.4 is 0 Å². The van der Waals surface area contributed by atoms with Crippen LogP contribution in [0.15, 0.2) is 18.2 Å². The van der Waals surface area contributed by atoms with Gasteiger partial charge in [-0.15, -0.1) is 0 Å². The molecule has 16 heavy (non-hydrogen) atoms. The van der Waals surface area contributed by atoms with Gasteiger partial charge in [-0.25, -0.2) is 0 Å². The Morgan fingerprint density at radius 1 is 1.44 bits per heavy atom. The molecule has 0 aliphatic carbocycles. The number of thiocyanates is 1. The maximum absolute atomic E-state index is 8.48. The van der Waals surface area contributed by atoms with Crippen LogP contribution >= 0.6 is 35.0 Å².